The molecular weight excluding hydrogens is 418 g/mol. The summed E-state index contributed by atoms with van der Waals surface area (Å²) in [5, 5.41) is 11.8. The zero-order chi connectivity index (χ0) is 23.4. The molecule has 2 aromatic heterocycles. The van der Waals surface area contributed by atoms with Gasteiger partial charge in [-0.3, -0.25) is 14.6 Å². The van der Waals surface area contributed by atoms with Crippen LogP contribution in [-0.4, -0.2) is 27.0 Å². The number of anilines is 1. The number of aromatic nitrogens is 2. The number of carboxylic acid groups (broad SMARTS) is 1. The van der Waals surface area contributed by atoms with E-state index in [0.717, 1.165) is 36.9 Å². The number of carbonyl (C=O) groups is 2. The van der Waals surface area contributed by atoms with Gasteiger partial charge >= 0.3 is 5.97 Å². The van der Waals surface area contributed by atoms with Crippen LogP contribution in [0.15, 0.2) is 47.0 Å². The Bertz CT molecular complexity index is 1110. The minimum Gasteiger partial charge on any atom is -0.481 e. The zero-order valence-corrected chi connectivity index (χ0v) is 19.0. The average molecular weight is 448 g/mol. The molecule has 0 radical (unpaired) electrons. The van der Waals surface area contributed by atoms with E-state index in [2.05, 4.69) is 39.6 Å². The number of amides is 1. The number of benzene rings is 1. The molecule has 3 aromatic rings. The number of hydrogen-bond acceptors (Lipinski definition) is 5. The molecule has 1 amide bonds. The molecule has 0 spiro atoms. The third-order valence-electron chi connectivity index (χ3n) is 6.36. The van der Waals surface area contributed by atoms with Crippen LogP contribution in [0.5, 0.6) is 0 Å². The van der Waals surface area contributed by atoms with Gasteiger partial charge in [-0.2, -0.15) is 0 Å². The molecule has 1 aliphatic carbocycles. The number of pyridine rings is 1. The third kappa shape index (κ3) is 5.48. The summed E-state index contributed by atoms with van der Waals surface area (Å²) in [5.74, 6) is 0.535. The van der Waals surface area contributed by atoms with Crippen molar-refractivity contribution in [1.82, 2.24) is 9.97 Å². The molecule has 0 aliphatic heterocycles. The van der Waals surface area contributed by atoms with Crippen molar-refractivity contribution in [3.63, 3.8) is 0 Å². The second-order valence-corrected chi connectivity index (χ2v) is 8.70. The van der Waals surface area contributed by atoms with E-state index < -0.39 is 5.97 Å². The average Bonchev–Trinajstić information content (AvgIpc) is 3.21. The smallest absolute Gasteiger partial charge is 0.303 e. The predicted molar refractivity (Wildman–Crippen MR) is 125 cm³/mol. The van der Waals surface area contributed by atoms with Crippen LogP contribution in [-0.2, 0) is 11.2 Å². The van der Waals surface area contributed by atoms with E-state index in [9.17, 15) is 9.59 Å². The molecule has 0 bridgehead atoms. The molecule has 1 aliphatic rings. The van der Waals surface area contributed by atoms with Gasteiger partial charge in [0, 0.05) is 18.4 Å². The SMILES string of the molecule is CCc1nc(C)c(C(=O)Nc2ccc(-c3ccc(C4CCC(CC(=O)O)CC4)cc3)nc2)o1. The van der Waals surface area contributed by atoms with Crippen molar-refractivity contribution in [1.29, 1.82) is 0 Å². The van der Waals surface area contributed by atoms with E-state index >= 15 is 0 Å². The highest BCUT2D eigenvalue weighted by molar-refractivity contribution is 6.02. The number of aryl methyl sites for hydroxylation is 2. The number of carbonyl (C=O) groups excluding carboxylic acids is 1. The van der Waals surface area contributed by atoms with Gasteiger partial charge < -0.3 is 14.8 Å². The van der Waals surface area contributed by atoms with Crippen LogP contribution < -0.4 is 5.32 Å². The van der Waals surface area contributed by atoms with Crippen molar-refractivity contribution in [2.24, 2.45) is 5.92 Å². The first kappa shape index (κ1) is 22.7. The van der Waals surface area contributed by atoms with Gasteiger partial charge in [0.15, 0.2) is 5.89 Å². The van der Waals surface area contributed by atoms with Crippen molar-refractivity contribution in [3.8, 4) is 11.3 Å². The number of oxazole rings is 1. The van der Waals surface area contributed by atoms with E-state index in [4.69, 9.17) is 9.52 Å². The number of aliphatic carboxylic acids is 1. The maximum absolute atomic E-state index is 12.5. The fourth-order valence-corrected chi connectivity index (χ4v) is 4.51. The van der Waals surface area contributed by atoms with Gasteiger partial charge in [-0.05, 0) is 62.1 Å². The third-order valence-corrected chi connectivity index (χ3v) is 6.36. The Morgan fingerprint density at radius 2 is 1.82 bits per heavy atom. The number of hydrogen-bond donors (Lipinski definition) is 2. The lowest BCUT2D eigenvalue weighted by molar-refractivity contribution is -0.138. The largest absolute Gasteiger partial charge is 0.481 e. The maximum atomic E-state index is 12.5. The molecule has 7 heteroatoms. The Morgan fingerprint density at radius 1 is 1.09 bits per heavy atom. The number of carboxylic acids is 1. The van der Waals surface area contributed by atoms with Crippen LogP contribution in [0.3, 0.4) is 0 Å². The highest BCUT2D eigenvalue weighted by atomic mass is 16.4. The topological polar surface area (TPSA) is 105 Å². The van der Waals surface area contributed by atoms with Gasteiger partial charge in [-0.15, -0.1) is 0 Å². The minimum absolute atomic E-state index is 0.225. The lowest BCUT2D eigenvalue weighted by Gasteiger charge is -2.28. The van der Waals surface area contributed by atoms with Gasteiger partial charge in [0.25, 0.3) is 5.91 Å². The lowest BCUT2D eigenvalue weighted by Crippen LogP contribution is -2.16. The molecule has 1 fully saturated rings. The van der Waals surface area contributed by atoms with E-state index in [1.54, 1.807) is 13.1 Å². The van der Waals surface area contributed by atoms with Gasteiger partial charge in [0.1, 0.15) is 0 Å². The first-order valence-electron chi connectivity index (χ1n) is 11.5. The Labute approximate surface area is 193 Å². The highest BCUT2D eigenvalue weighted by Gasteiger charge is 2.24. The van der Waals surface area contributed by atoms with Crippen LogP contribution >= 0.6 is 0 Å². The molecular formula is C26H29N3O4. The Kier molecular flexibility index (Phi) is 6.87. The quantitative estimate of drug-likeness (QED) is 0.488. The summed E-state index contributed by atoms with van der Waals surface area (Å²) >= 11 is 0. The van der Waals surface area contributed by atoms with Crippen molar-refractivity contribution >= 4 is 17.6 Å². The molecule has 33 heavy (non-hydrogen) atoms. The summed E-state index contributed by atoms with van der Waals surface area (Å²) in [4.78, 5) is 32.1. The first-order chi connectivity index (χ1) is 15.9. The van der Waals surface area contributed by atoms with Crippen LogP contribution in [0.25, 0.3) is 11.3 Å². The standard InChI is InChI=1S/C26H29N3O4/c1-3-23-28-16(2)25(33-23)26(32)29-21-12-13-22(27-15-21)20-10-8-19(9-11-20)18-6-4-17(5-7-18)14-24(30)31/h8-13,15,17-18H,3-7,14H2,1-2H3,(H,29,32)(H,30,31). The second-order valence-electron chi connectivity index (χ2n) is 8.70. The molecule has 172 valence electrons. The molecule has 0 atom stereocenters. The summed E-state index contributed by atoms with van der Waals surface area (Å²) in [6, 6.07) is 12.1. The summed E-state index contributed by atoms with van der Waals surface area (Å²) in [7, 11) is 0. The molecule has 4 rings (SSSR count). The monoisotopic (exact) mass is 447 g/mol. The van der Waals surface area contributed by atoms with Crippen LogP contribution in [0.1, 0.15) is 72.6 Å². The number of nitrogens with zero attached hydrogens (tertiary/aromatic N) is 2. The Balaban J connectivity index is 1.36. The second kappa shape index (κ2) is 9.98. The van der Waals surface area contributed by atoms with E-state index in [1.807, 2.05) is 19.1 Å². The first-order valence-corrected chi connectivity index (χ1v) is 11.5. The minimum atomic E-state index is -0.695. The van der Waals surface area contributed by atoms with Gasteiger partial charge in [0.05, 0.1) is 23.3 Å². The predicted octanol–water partition coefficient (Wildman–Crippen LogP) is 5.61. The molecule has 2 heterocycles. The Morgan fingerprint density at radius 3 is 2.39 bits per heavy atom. The maximum Gasteiger partial charge on any atom is 0.303 e. The number of nitrogens with one attached hydrogen (secondary N) is 1. The van der Waals surface area contributed by atoms with Crippen molar-refractivity contribution in [2.45, 2.75) is 58.3 Å². The van der Waals surface area contributed by atoms with Gasteiger partial charge in [-0.25, -0.2) is 4.98 Å². The molecule has 1 saturated carbocycles. The van der Waals surface area contributed by atoms with Crippen molar-refractivity contribution < 1.29 is 19.1 Å². The van der Waals surface area contributed by atoms with Crippen LogP contribution in [0.2, 0.25) is 0 Å². The highest BCUT2D eigenvalue weighted by Crippen LogP contribution is 2.37. The molecule has 7 nitrogen and oxygen atoms in total. The van der Waals surface area contributed by atoms with E-state index in [0.29, 0.717) is 35.5 Å². The fraction of sp³-hybridized carbons (Fsp3) is 0.385. The molecule has 0 unspecified atom stereocenters. The van der Waals surface area contributed by atoms with Crippen LogP contribution in [0, 0.1) is 12.8 Å². The summed E-state index contributed by atoms with van der Waals surface area (Å²) in [5.41, 5.74) is 4.30. The van der Waals surface area contributed by atoms with E-state index in [-0.39, 0.29) is 18.1 Å². The Hall–Kier alpha value is -3.48. The van der Waals surface area contributed by atoms with Crippen molar-refractivity contribution in [2.75, 3.05) is 5.32 Å². The molecule has 2 N–H and O–H groups in total. The summed E-state index contributed by atoms with van der Waals surface area (Å²) < 4.78 is 5.50. The van der Waals surface area contributed by atoms with Crippen LogP contribution in [0.4, 0.5) is 5.69 Å². The van der Waals surface area contributed by atoms with E-state index in [1.165, 1.54) is 5.56 Å². The summed E-state index contributed by atoms with van der Waals surface area (Å²) in [6.45, 7) is 3.68. The van der Waals surface area contributed by atoms with Gasteiger partial charge in [-0.1, -0.05) is 31.2 Å². The normalized spacial score (nSPS) is 18.1. The molecule has 0 saturated heterocycles. The summed E-state index contributed by atoms with van der Waals surface area (Å²) in [6.07, 6.45) is 6.57. The fourth-order valence-electron chi connectivity index (χ4n) is 4.51. The molecule has 1 aromatic carbocycles. The lowest BCUT2D eigenvalue weighted by atomic mass is 9.77. The number of rotatable bonds is 7. The van der Waals surface area contributed by atoms with Crippen molar-refractivity contribution in [3.05, 3.63) is 65.5 Å². The zero-order valence-electron chi connectivity index (χ0n) is 19.0. The van der Waals surface area contributed by atoms with Gasteiger partial charge in [0.2, 0.25) is 5.76 Å².